The second-order valence-corrected chi connectivity index (χ2v) is 7.20. The smallest absolute Gasteiger partial charge is 0.387 e. The molecule has 2 aromatic heterocycles. The van der Waals surface area contributed by atoms with Gasteiger partial charge in [0.15, 0.2) is 0 Å². The zero-order chi connectivity index (χ0) is 21.8. The monoisotopic (exact) mass is 421 g/mol. The first-order chi connectivity index (χ1) is 15.0. The van der Waals surface area contributed by atoms with Crippen LogP contribution in [0.3, 0.4) is 0 Å². The Kier molecular flexibility index (Phi) is 6.04. The Bertz CT molecular complexity index is 1240. The molecule has 0 radical (unpaired) electrons. The van der Waals surface area contributed by atoms with Crippen LogP contribution in [0.5, 0.6) is 5.75 Å². The van der Waals surface area contributed by atoms with Crippen molar-refractivity contribution >= 4 is 5.65 Å². The lowest BCUT2D eigenvalue weighted by atomic mass is 9.98. The third-order valence-corrected chi connectivity index (χ3v) is 4.90. The molecule has 0 fully saturated rings. The Morgan fingerprint density at radius 2 is 1.77 bits per heavy atom. The zero-order valence-electron chi connectivity index (χ0n) is 16.8. The quantitative estimate of drug-likeness (QED) is 0.478. The Morgan fingerprint density at radius 1 is 1.00 bits per heavy atom. The maximum absolute atomic E-state index is 12.7. The van der Waals surface area contributed by atoms with Crippen molar-refractivity contribution in [2.75, 3.05) is 0 Å². The van der Waals surface area contributed by atoms with Crippen LogP contribution in [0.1, 0.15) is 28.4 Å². The zero-order valence-corrected chi connectivity index (χ0v) is 16.8. The van der Waals surface area contributed by atoms with Crippen LogP contribution in [0.15, 0.2) is 83.8 Å². The van der Waals surface area contributed by atoms with Gasteiger partial charge in [-0.05, 0) is 41.8 Å². The maximum atomic E-state index is 12.7. The molecule has 0 saturated heterocycles. The van der Waals surface area contributed by atoms with E-state index >= 15 is 0 Å². The van der Waals surface area contributed by atoms with E-state index in [4.69, 9.17) is 0 Å². The minimum atomic E-state index is -2.89. The van der Waals surface area contributed by atoms with Crippen LogP contribution in [0, 0.1) is 6.92 Å². The summed E-state index contributed by atoms with van der Waals surface area (Å²) in [5.74, 6) is 0.0904. The van der Waals surface area contributed by atoms with Gasteiger partial charge in [-0.1, -0.05) is 48.5 Å². The number of fused-ring (bicyclic) bond motifs is 1. The molecule has 0 aliphatic carbocycles. The second-order valence-electron chi connectivity index (χ2n) is 7.20. The van der Waals surface area contributed by atoms with Gasteiger partial charge in [0.05, 0.1) is 11.7 Å². The van der Waals surface area contributed by atoms with Crippen molar-refractivity contribution in [2.45, 2.75) is 26.1 Å². The Balaban J connectivity index is 1.64. The molecule has 1 N–H and O–H groups in total. The minimum absolute atomic E-state index is 0.0904. The van der Waals surface area contributed by atoms with E-state index in [1.807, 2.05) is 49.4 Å². The minimum Gasteiger partial charge on any atom is -0.435 e. The van der Waals surface area contributed by atoms with Gasteiger partial charge >= 0.3 is 6.61 Å². The number of pyridine rings is 1. The number of aryl methyl sites for hydroxylation is 1. The van der Waals surface area contributed by atoms with E-state index in [0.717, 1.165) is 16.7 Å². The average molecular weight is 421 g/mol. The molecule has 0 bridgehead atoms. The lowest BCUT2D eigenvalue weighted by Gasteiger charge is -2.20. The summed E-state index contributed by atoms with van der Waals surface area (Å²) >= 11 is 0. The van der Waals surface area contributed by atoms with Gasteiger partial charge in [-0.25, -0.2) is 4.98 Å². The highest BCUT2D eigenvalue weighted by Gasteiger charge is 2.16. The van der Waals surface area contributed by atoms with Crippen molar-refractivity contribution in [1.82, 2.24) is 14.7 Å². The summed E-state index contributed by atoms with van der Waals surface area (Å²) in [4.78, 5) is 17.1. The van der Waals surface area contributed by atoms with Crippen LogP contribution in [0.2, 0.25) is 0 Å². The number of nitrogens with one attached hydrogen (secondary N) is 1. The fraction of sp³-hybridized carbons (Fsp3) is 0.167. The van der Waals surface area contributed by atoms with Gasteiger partial charge in [0.1, 0.15) is 11.4 Å². The Labute approximate surface area is 178 Å². The largest absolute Gasteiger partial charge is 0.435 e. The van der Waals surface area contributed by atoms with Crippen LogP contribution >= 0.6 is 0 Å². The highest BCUT2D eigenvalue weighted by Crippen LogP contribution is 2.26. The van der Waals surface area contributed by atoms with E-state index in [1.165, 1.54) is 16.5 Å². The molecular formula is C24H21F2N3O2. The van der Waals surface area contributed by atoms with E-state index < -0.39 is 6.61 Å². The fourth-order valence-corrected chi connectivity index (χ4v) is 3.50. The van der Waals surface area contributed by atoms with Crippen molar-refractivity contribution < 1.29 is 13.5 Å². The van der Waals surface area contributed by atoms with Gasteiger partial charge in [-0.2, -0.15) is 8.78 Å². The van der Waals surface area contributed by atoms with Gasteiger partial charge in [0, 0.05) is 18.8 Å². The number of hydrogen-bond donors (Lipinski definition) is 1. The molecule has 1 unspecified atom stereocenters. The molecule has 2 aromatic carbocycles. The van der Waals surface area contributed by atoms with Crippen molar-refractivity contribution in [3.05, 3.63) is 112 Å². The molecule has 7 heteroatoms. The lowest BCUT2D eigenvalue weighted by Crippen LogP contribution is -2.24. The third-order valence-electron chi connectivity index (χ3n) is 4.90. The SMILES string of the molecule is Cc1ccc2nc(CNC(c3ccccc3)c3cccc(OC(F)F)c3)cc(=O)n2c1. The van der Waals surface area contributed by atoms with Crippen molar-refractivity contribution in [3.63, 3.8) is 0 Å². The molecule has 31 heavy (non-hydrogen) atoms. The van der Waals surface area contributed by atoms with Crippen LogP contribution in [0.4, 0.5) is 8.78 Å². The number of alkyl halides is 2. The number of halogens is 2. The van der Waals surface area contributed by atoms with Crippen LogP contribution in [-0.4, -0.2) is 16.0 Å². The molecule has 0 saturated carbocycles. The molecule has 158 valence electrons. The normalized spacial score (nSPS) is 12.3. The summed E-state index contributed by atoms with van der Waals surface area (Å²) in [5, 5.41) is 3.40. The first-order valence-corrected chi connectivity index (χ1v) is 9.81. The Hall–Kier alpha value is -3.58. The van der Waals surface area contributed by atoms with E-state index in [2.05, 4.69) is 15.0 Å². The van der Waals surface area contributed by atoms with Crippen molar-refractivity contribution in [1.29, 1.82) is 0 Å². The van der Waals surface area contributed by atoms with E-state index in [9.17, 15) is 13.6 Å². The highest BCUT2D eigenvalue weighted by molar-refractivity contribution is 5.40. The van der Waals surface area contributed by atoms with Gasteiger partial charge in [0.2, 0.25) is 0 Å². The first kappa shape index (κ1) is 20.7. The summed E-state index contributed by atoms with van der Waals surface area (Å²) in [5.41, 5.74) is 3.68. The molecule has 0 spiro atoms. The molecule has 1 atom stereocenters. The van der Waals surface area contributed by atoms with Crippen LogP contribution < -0.4 is 15.6 Å². The van der Waals surface area contributed by atoms with Gasteiger partial charge < -0.3 is 10.1 Å². The molecule has 2 heterocycles. The summed E-state index contributed by atoms with van der Waals surface area (Å²) in [7, 11) is 0. The predicted octanol–water partition coefficient (Wildman–Crippen LogP) is 4.48. The average Bonchev–Trinajstić information content (AvgIpc) is 2.75. The number of nitrogens with zero attached hydrogens (tertiary/aromatic N) is 2. The predicted molar refractivity (Wildman–Crippen MR) is 114 cm³/mol. The molecule has 0 amide bonds. The number of rotatable bonds is 7. The van der Waals surface area contributed by atoms with Gasteiger partial charge in [0.25, 0.3) is 5.56 Å². The summed E-state index contributed by atoms with van der Waals surface area (Å²) in [6.45, 7) is -0.659. The van der Waals surface area contributed by atoms with Crippen molar-refractivity contribution in [2.24, 2.45) is 0 Å². The fourth-order valence-electron chi connectivity index (χ4n) is 3.50. The molecule has 0 aliphatic heterocycles. The van der Waals surface area contributed by atoms with Crippen LogP contribution in [0.25, 0.3) is 5.65 Å². The molecular weight excluding hydrogens is 400 g/mol. The first-order valence-electron chi connectivity index (χ1n) is 9.81. The summed E-state index contributed by atoms with van der Waals surface area (Å²) in [6.07, 6.45) is 1.75. The third kappa shape index (κ3) is 4.95. The summed E-state index contributed by atoms with van der Waals surface area (Å²) < 4.78 is 31.4. The maximum Gasteiger partial charge on any atom is 0.387 e. The van der Waals surface area contributed by atoms with E-state index in [0.29, 0.717) is 17.9 Å². The standard InChI is InChI=1S/C24H21F2N3O2/c1-16-10-11-21-28-19(13-22(30)29(21)15-16)14-27-23(17-6-3-2-4-7-17)18-8-5-9-20(12-18)31-24(25)26/h2-13,15,23-24,27H,14H2,1H3. The Morgan fingerprint density at radius 3 is 2.55 bits per heavy atom. The number of hydrogen-bond acceptors (Lipinski definition) is 4. The second kappa shape index (κ2) is 9.06. The highest BCUT2D eigenvalue weighted by atomic mass is 19.3. The van der Waals surface area contributed by atoms with Crippen LogP contribution in [-0.2, 0) is 6.54 Å². The number of ether oxygens (including phenoxy) is 1. The van der Waals surface area contributed by atoms with E-state index in [-0.39, 0.29) is 17.4 Å². The van der Waals surface area contributed by atoms with E-state index in [1.54, 1.807) is 24.4 Å². The number of aromatic nitrogens is 2. The molecule has 5 nitrogen and oxygen atoms in total. The lowest BCUT2D eigenvalue weighted by molar-refractivity contribution is -0.0498. The van der Waals surface area contributed by atoms with Crippen molar-refractivity contribution in [3.8, 4) is 5.75 Å². The molecule has 4 rings (SSSR count). The summed E-state index contributed by atoms with van der Waals surface area (Å²) in [6, 6.07) is 21.1. The number of benzene rings is 2. The molecule has 4 aromatic rings. The molecule has 0 aliphatic rings. The van der Waals surface area contributed by atoms with Gasteiger partial charge in [-0.3, -0.25) is 9.20 Å². The van der Waals surface area contributed by atoms with Gasteiger partial charge in [-0.15, -0.1) is 0 Å². The topological polar surface area (TPSA) is 55.6 Å².